The highest BCUT2D eigenvalue weighted by Gasteiger charge is 2.39. The van der Waals surface area contributed by atoms with E-state index in [1.807, 2.05) is 11.8 Å². The smallest absolute Gasteiger partial charge is 0.157 e. The minimum atomic E-state index is 0.248. The van der Waals surface area contributed by atoms with Crippen molar-refractivity contribution in [3.63, 3.8) is 0 Å². The molecule has 1 aliphatic heterocycles. The summed E-state index contributed by atoms with van der Waals surface area (Å²) in [5, 5.41) is 4.83. The highest BCUT2D eigenvalue weighted by molar-refractivity contribution is 8.14. The van der Waals surface area contributed by atoms with E-state index in [4.69, 9.17) is 4.99 Å². The summed E-state index contributed by atoms with van der Waals surface area (Å²) in [6, 6.07) is 10.8. The number of amidine groups is 1. The van der Waals surface area contributed by atoms with E-state index in [0.29, 0.717) is 5.54 Å². The number of hydrogen-bond donors (Lipinski definition) is 1. The zero-order valence-electron chi connectivity index (χ0n) is 10.9. The molecule has 0 radical (unpaired) electrons. The first-order valence-corrected chi connectivity index (χ1v) is 7.80. The Morgan fingerprint density at radius 3 is 2.67 bits per heavy atom. The maximum absolute atomic E-state index is 4.83. The second-order valence-corrected chi connectivity index (χ2v) is 6.39. The molecule has 2 aliphatic rings. The van der Waals surface area contributed by atoms with Gasteiger partial charge in [0, 0.05) is 11.3 Å². The molecule has 0 amide bonds. The van der Waals surface area contributed by atoms with Crippen LogP contribution in [-0.4, -0.2) is 16.5 Å². The molecule has 3 rings (SSSR count). The Hall–Kier alpha value is -0.960. The molecule has 96 valence electrons. The third-order valence-corrected chi connectivity index (χ3v) is 5.19. The van der Waals surface area contributed by atoms with Crippen LogP contribution in [0.5, 0.6) is 0 Å². The summed E-state index contributed by atoms with van der Waals surface area (Å²) in [5.41, 5.74) is 1.67. The lowest BCUT2D eigenvalue weighted by atomic mass is 10.0. The van der Waals surface area contributed by atoms with E-state index in [9.17, 15) is 0 Å². The van der Waals surface area contributed by atoms with Gasteiger partial charge < -0.3 is 5.32 Å². The van der Waals surface area contributed by atoms with Crippen molar-refractivity contribution in [2.45, 2.75) is 44.2 Å². The maximum Gasteiger partial charge on any atom is 0.157 e. The molecule has 1 unspecified atom stereocenters. The van der Waals surface area contributed by atoms with Crippen molar-refractivity contribution in [2.75, 3.05) is 5.75 Å². The van der Waals surface area contributed by atoms with Crippen LogP contribution in [0.2, 0.25) is 0 Å². The maximum atomic E-state index is 4.83. The van der Waals surface area contributed by atoms with Gasteiger partial charge in [-0.3, -0.25) is 4.99 Å². The van der Waals surface area contributed by atoms with Gasteiger partial charge in [-0.05, 0) is 25.3 Å². The minimum absolute atomic E-state index is 0.248. The van der Waals surface area contributed by atoms with Gasteiger partial charge in [-0.15, -0.1) is 0 Å². The van der Waals surface area contributed by atoms with E-state index in [0.717, 1.165) is 5.17 Å². The first-order chi connectivity index (χ1) is 8.77. The Balaban J connectivity index is 1.70. The molecule has 1 saturated heterocycles. The van der Waals surface area contributed by atoms with Gasteiger partial charge in [0.15, 0.2) is 5.17 Å². The van der Waals surface area contributed by atoms with Crippen molar-refractivity contribution in [3.8, 4) is 0 Å². The minimum Gasteiger partial charge on any atom is -0.359 e. The van der Waals surface area contributed by atoms with Gasteiger partial charge >= 0.3 is 0 Å². The lowest BCUT2D eigenvalue weighted by molar-refractivity contribution is 0.452. The number of rotatable bonds is 2. The van der Waals surface area contributed by atoms with Crippen LogP contribution in [0.3, 0.4) is 0 Å². The fraction of sp³-hybridized carbons (Fsp3) is 0.533. The molecular formula is C15H20N2S. The fourth-order valence-electron chi connectivity index (χ4n) is 2.88. The van der Waals surface area contributed by atoms with Crippen LogP contribution in [0.25, 0.3) is 0 Å². The third kappa shape index (κ3) is 2.41. The Morgan fingerprint density at radius 2 is 1.94 bits per heavy atom. The van der Waals surface area contributed by atoms with Gasteiger partial charge in [0.25, 0.3) is 0 Å². The molecule has 1 aromatic carbocycles. The molecule has 3 heteroatoms. The third-order valence-electron chi connectivity index (χ3n) is 4.01. The first kappa shape index (κ1) is 12.1. The summed E-state index contributed by atoms with van der Waals surface area (Å²) >= 11 is 1.90. The fourth-order valence-corrected chi connectivity index (χ4v) is 4.17. The highest BCUT2D eigenvalue weighted by Crippen LogP contribution is 2.38. The predicted molar refractivity (Wildman–Crippen MR) is 79.1 cm³/mol. The number of nitrogens with zero attached hydrogens (tertiary/aromatic N) is 1. The van der Waals surface area contributed by atoms with Crippen LogP contribution >= 0.6 is 11.8 Å². The summed E-state index contributed by atoms with van der Waals surface area (Å²) in [5.74, 6) is 1.20. The molecule has 1 spiro atoms. The molecule has 1 aliphatic carbocycles. The second kappa shape index (κ2) is 4.96. The van der Waals surface area contributed by atoms with Crippen LogP contribution in [0.4, 0.5) is 0 Å². The molecule has 2 fully saturated rings. The summed E-state index contributed by atoms with van der Waals surface area (Å²) in [7, 11) is 0. The van der Waals surface area contributed by atoms with E-state index < -0.39 is 0 Å². The lowest BCUT2D eigenvalue weighted by Gasteiger charge is -2.22. The van der Waals surface area contributed by atoms with Gasteiger partial charge in [0.05, 0.1) is 6.04 Å². The molecule has 1 aromatic rings. The van der Waals surface area contributed by atoms with Crippen LogP contribution in [0.15, 0.2) is 35.3 Å². The molecule has 0 bridgehead atoms. The van der Waals surface area contributed by atoms with Gasteiger partial charge in [-0.25, -0.2) is 0 Å². The van der Waals surface area contributed by atoms with Gasteiger partial charge in [-0.2, -0.15) is 0 Å². The van der Waals surface area contributed by atoms with Crippen molar-refractivity contribution >= 4 is 16.9 Å². The largest absolute Gasteiger partial charge is 0.359 e. The molecule has 2 nitrogen and oxygen atoms in total. The quantitative estimate of drug-likeness (QED) is 0.875. The average Bonchev–Trinajstić information content (AvgIpc) is 3.02. The van der Waals surface area contributed by atoms with Gasteiger partial charge in [0.2, 0.25) is 0 Å². The van der Waals surface area contributed by atoms with Crippen molar-refractivity contribution < 1.29 is 0 Å². The van der Waals surface area contributed by atoms with Crippen molar-refractivity contribution in [1.82, 2.24) is 5.32 Å². The van der Waals surface area contributed by atoms with E-state index in [2.05, 4.69) is 42.6 Å². The second-order valence-electron chi connectivity index (χ2n) is 5.42. The van der Waals surface area contributed by atoms with Crippen LogP contribution in [0.1, 0.15) is 44.2 Å². The Morgan fingerprint density at radius 1 is 1.22 bits per heavy atom. The van der Waals surface area contributed by atoms with Crippen LogP contribution in [0, 0.1) is 0 Å². The van der Waals surface area contributed by atoms with E-state index in [-0.39, 0.29) is 6.04 Å². The predicted octanol–water partition coefficient (Wildman–Crippen LogP) is 3.75. The summed E-state index contributed by atoms with van der Waals surface area (Å²) in [6.07, 6.45) is 5.38. The van der Waals surface area contributed by atoms with Gasteiger partial charge in [-0.1, -0.05) is 54.9 Å². The Labute approximate surface area is 113 Å². The molecule has 0 aromatic heterocycles. The summed E-state index contributed by atoms with van der Waals surface area (Å²) < 4.78 is 0. The van der Waals surface area contributed by atoms with Crippen molar-refractivity contribution in [2.24, 2.45) is 4.99 Å². The summed E-state index contributed by atoms with van der Waals surface area (Å²) in [4.78, 5) is 4.83. The standard InChI is InChI=1S/C15H20N2S/c1-12(13-7-3-2-4-8-13)16-14-17-15(11-18-14)9-5-6-10-15/h2-4,7-8,12H,5-6,9-11H2,1H3,(H,16,17). The molecule has 1 N–H and O–H groups in total. The Bertz CT molecular complexity index is 435. The molecule has 1 atom stereocenters. The van der Waals surface area contributed by atoms with Crippen LogP contribution < -0.4 is 5.32 Å². The van der Waals surface area contributed by atoms with Crippen LogP contribution in [-0.2, 0) is 0 Å². The number of benzene rings is 1. The number of aliphatic imine (C=N–C) groups is 1. The van der Waals surface area contributed by atoms with E-state index in [1.165, 1.54) is 37.0 Å². The summed E-state index contributed by atoms with van der Waals surface area (Å²) in [6.45, 7) is 2.17. The molecule has 1 saturated carbocycles. The highest BCUT2D eigenvalue weighted by atomic mass is 32.2. The number of thioether (sulfide) groups is 1. The Kier molecular flexibility index (Phi) is 3.33. The number of nitrogens with one attached hydrogen (secondary N) is 1. The SMILES string of the molecule is CC(N=C1NC2(CCCC2)CS1)c1ccccc1. The number of hydrogen-bond acceptors (Lipinski definition) is 2. The lowest BCUT2D eigenvalue weighted by Crippen LogP contribution is -2.40. The average molecular weight is 260 g/mol. The topological polar surface area (TPSA) is 24.4 Å². The molecular weight excluding hydrogens is 240 g/mol. The first-order valence-electron chi connectivity index (χ1n) is 6.81. The zero-order chi connectivity index (χ0) is 12.4. The normalized spacial score (nSPS) is 25.5. The van der Waals surface area contributed by atoms with Crippen molar-refractivity contribution in [3.05, 3.63) is 35.9 Å². The van der Waals surface area contributed by atoms with Crippen molar-refractivity contribution in [1.29, 1.82) is 0 Å². The molecule has 18 heavy (non-hydrogen) atoms. The van der Waals surface area contributed by atoms with E-state index in [1.54, 1.807) is 0 Å². The molecule has 1 heterocycles. The zero-order valence-corrected chi connectivity index (χ0v) is 11.7. The van der Waals surface area contributed by atoms with E-state index >= 15 is 0 Å². The van der Waals surface area contributed by atoms with Gasteiger partial charge in [0.1, 0.15) is 0 Å². The monoisotopic (exact) mass is 260 g/mol.